The maximum atomic E-state index is 12.2. The third kappa shape index (κ3) is 2.03. The van der Waals surface area contributed by atoms with Gasteiger partial charge >= 0.3 is 0 Å². The molecule has 1 rings (SSSR count). The van der Waals surface area contributed by atoms with Crippen LogP contribution in [0.4, 0.5) is 4.39 Å². The van der Waals surface area contributed by atoms with Crippen LogP contribution >= 0.6 is 0 Å². The van der Waals surface area contributed by atoms with Gasteiger partial charge in [0.15, 0.2) is 0 Å². The van der Waals surface area contributed by atoms with Crippen LogP contribution in [-0.2, 0) is 9.59 Å². The minimum absolute atomic E-state index is 0.127. The van der Waals surface area contributed by atoms with Crippen LogP contribution in [0.2, 0.25) is 0 Å². The van der Waals surface area contributed by atoms with Gasteiger partial charge in [-0.15, -0.1) is 0 Å². The average Bonchev–Trinajstić information content (AvgIpc) is 2.26. The molecule has 92 valence electrons. The van der Waals surface area contributed by atoms with Gasteiger partial charge in [-0.25, -0.2) is 0 Å². The van der Waals surface area contributed by atoms with E-state index in [9.17, 15) is 14.0 Å². The summed E-state index contributed by atoms with van der Waals surface area (Å²) in [4.78, 5) is 25.3. The molecule has 5 heteroatoms. The van der Waals surface area contributed by atoms with Crippen LogP contribution in [0.5, 0.6) is 0 Å². The van der Waals surface area contributed by atoms with Crippen molar-refractivity contribution in [2.75, 3.05) is 13.2 Å². The number of carbonyl (C=O) groups is 2. The summed E-state index contributed by atoms with van der Waals surface area (Å²) >= 11 is 0. The van der Waals surface area contributed by atoms with Gasteiger partial charge in [0.1, 0.15) is 11.6 Å². The van der Waals surface area contributed by atoms with Crippen LogP contribution in [0.1, 0.15) is 33.6 Å². The minimum Gasteiger partial charge on any atom is -0.343 e. The molecule has 2 amide bonds. The van der Waals surface area contributed by atoms with E-state index in [-0.39, 0.29) is 18.2 Å². The second-order valence-corrected chi connectivity index (χ2v) is 4.35. The van der Waals surface area contributed by atoms with Gasteiger partial charge in [-0.2, -0.15) is 0 Å². The zero-order chi connectivity index (χ0) is 12.3. The molecule has 0 aliphatic carbocycles. The number of hydrogen-bond donors (Lipinski definition) is 1. The third-order valence-electron chi connectivity index (χ3n) is 3.27. The second-order valence-electron chi connectivity index (χ2n) is 4.35. The lowest BCUT2D eigenvalue weighted by molar-refractivity contribution is -0.156. The highest BCUT2D eigenvalue weighted by Gasteiger charge is 2.46. The summed E-state index contributed by atoms with van der Waals surface area (Å²) in [5.41, 5.74) is -0.835. The fourth-order valence-corrected chi connectivity index (χ4v) is 1.94. The molecule has 1 saturated heterocycles. The van der Waals surface area contributed by atoms with Gasteiger partial charge in [0, 0.05) is 6.54 Å². The SMILES string of the molecule is CCC1(C)C(=O)NC(C)C(=O)N1CCCF. The van der Waals surface area contributed by atoms with E-state index in [0.29, 0.717) is 13.0 Å². The molecule has 1 fully saturated rings. The average molecular weight is 230 g/mol. The Morgan fingerprint density at radius 3 is 2.62 bits per heavy atom. The summed E-state index contributed by atoms with van der Waals surface area (Å²) in [6, 6.07) is -0.508. The predicted molar refractivity (Wildman–Crippen MR) is 58.6 cm³/mol. The Kier molecular flexibility index (Phi) is 3.88. The molecule has 1 heterocycles. The Hall–Kier alpha value is -1.13. The van der Waals surface area contributed by atoms with E-state index in [1.54, 1.807) is 13.8 Å². The number of hydrogen-bond acceptors (Lipinski definition) is 2. The van der Waals surface area contributed by atoms with Gasteiger partial charge in [-0.05, 0) is 26.7 Å². The highest BCUT2D eigenvalue weighted by molar-refractivity contribution is 5.99. The maximum Gasteiger partial charge on any atom is 0.246 e. The molecular formula is C11H19FN2O2. The van der Waals surface area contributed by atoms with Crippen molar-refractivity contribution in [1.29, 1.82) is 0 Å². The highest BCUT2D eigenvalue weighted by atomic mass is 19.1. The van der Waals surface area contributed by atoms with Crippen molar-refractivity contribution in [2.24, 2.45) is 0 Å². The zero-order valence-electron chi connectivity index (χ0n) is 10.0. The van der Waals surface area contributed by atoms with E-state index in [0.717, 1.165) is 0 Å². The fraction of sp³-hybridized carbons (Fsp3) is 0.818. The Morgan fingerprint density at radius 1 is 1.50 bits per heavy atom. The standard InChI is InChI=1S/C11H19FN2O2/c1-4-11(3)10(16)13-8(2)9(15)14(11)7-5-6-12/h8H,4-7H2,1-3H3,(H,13,16). The third-order valence-corrected chi connectivity index (χ3v) is 3.27. The number of halogens is 1. The molecule has 0 radical (unpaired) electrons. The molecular weight excluding hydrogens is 211 g/mol. The monoisotopic (exact) mass is 230 g/mol. The van der Waals surface area contributed by atoms with Gasteiger partial charge in [0.2, 0.25) is 11.8 Å². The van der Waals surface area contributed by atoms with E-state index in [4.69, 9.17) is 0 Å². The number of nitrogens with one attached hydrogen (secondary N) is 1. The van der Waals surface area contributed by atoms with Crippen molar-refractivity contribution in [1.82, 2.24) is 10.2 Å². The van der Waals surface area contributed by atoms with Crippen molar-refractivity contribution >= 4 is 11.8 Å². The number of piperazine rings is 1. The number of alkyl halides is 1. The van der Waals surface area contributed by atoms with E-state index >= 15 is 0 Å². The predicted octanol–water partition coefficient (Wildman–Crippen LogP) is 0.862. The van der Waals surface area contributed by atoms with E-state index in [1.165, 1.54) is 4.90 Å². The van der Waals surface area contributed by atoms with Crippen molar-refractivity contribution < 1.29 is 14.0 Å². The summed E-state index contributed by atoms with van der Waals surface area (Å²) in [5, 5.41) is 2.65. The Morgan fingerprint density at radius 2 is 2.12 bits per heavy atom. The molecule has 0 bridgehead atoms. The van der Waals surface area contributed by atoms with Crippen LogP contribution in [0.25, 0.3) is 0 Å². The van der Waals surface area contributed by atoms with Crippen molar-refractivity contribution in [2.45, 2.75) is 45.2 Å². The lowest BCUT2D eigenvalue weighted by Gasteiger charge is -2.45. The van der Waals surface area contributed by atoms with Crippen LogP contribution in [0, 0.1) is 0 Å². The molecule has 1 aliphatic heterocycles. The molecule has 0 aromatic rings. The van der Waals surface area contributed by atoms with Gasteiger partial charge in [0.05, 0.1) is 6.67 Å². The molecule has 0 aromatic heterocycles. The summed E-state index contributed by atoms with van der Waals surface area (Å²) < 4.78 is 12.2. The van der Waals surface area contributed by atoms with E-state index < -0.39 is 18.3 Å². The largest absolute Gasteiger partial charge is 0.343 e. The second kappa shape index (κ2) is 4.80. The normalized spacial score (nSPS) is 30.5. The summed E-state index contributed by atoms with van der Waals surface area (Å²) in [7, 11) is 0. The lowest BCUT2D eigenvalue weighted by Crippen LogP contribution is -2.68. The van der Waals surface area contributed by atoms with Crippen molar-refractivity contribution in [3.63, 3.8) is 0 Å². The van der Waals surface area contributed by atoms with E-state index in [1.807, 2.05) is 6.92 Å². The molecule has 0 spiro atoms. The molecule has 2 atom stereocenters. The van der Waals surface area contributed by atoms with Gasteiger partial charge < -0.3 is 10.2 Å². The quantitative estimate of drug-likeness (QED) is 0.778. The Bertz CT molecular complexity index is 296. The summed E-state index contributed by atoms with van der Waals surface area (Å²) in [6.45, 7) is 5.06. The molecule has 2 unspecified atom stereocenters. The minimum atomic E-state index is -0.835. The molecule has 16 heavy (non-hydrogen) atoms. The number of amides is 2. The highest BCUT2D eigenvalue weighted by Crippen LogP contribution is 2.25. The van der Waals surface area contributed by atoms with Crippen molar-refractivity contribution in [3.8, 4) is 0 Å². The van der Waals surface area contributed by atoms with Gasteiger partial charge in [0.25, 0.3) is 0 Å². The first kappa shape index (κ1) is 12.9. The van der Waals surface area contributed by atoms with Crippen LogP contribution in [0.3, 0.4) is 0 Å². The van der Waals surface area contributed by atoms with Crippen LogP contribution in [0.15, 0.2) is 0 Å². The number of carbonyl (C=O) groups excluding carboxylic acids is 2. The molecule has 4 nitrogen and oxygen atoms in total. The molecule has 1 N–H and O–H groups in total. The Balaban J connectivity index is 2.93. The number of rotatable bonds is 4. The first-order chi connectivity index (χ1) is 7.47. The smallest absolute Gasteiger partial charge is 0.246 e. The van der Waals surface area contributed by atoms with Crippen LogP contribution in [-0.4, -0.2) is 41.5 Å². The van der Waals surface area contributed by atoms with Gasteiger partial charge in [-0.1, -0.05) is 6.92 Å². The molecule has 1 aliphatic rings. The van der Waals surface area contributed by atoms with Crippen LogP contribution < -0.4 is 5.32 Å². The number of nitrogens with zero attached hydrogens (tertiary/aromatic N) is 1. The maximum absolute atomic E-state index is 12.2. The lowest BCUT2D eigenvalue weighted by atomic mass is 9.90. The first-order valence-electron chi connectivity index (χ1n) is 5.65. The topological polar surface area (TPSA) is 49.4 Å². The van der Waals surface area contributed by atoms with E-state index in [2.05, 4.69) is 5.32 Å². The van der Waals surface area contributed by atoms with Gasteiger partial charge in [-0.3, -0.25) is 14.0 Å². The molecule has 0 aromatic carbocycles. The summed E-state index contributed by atoms with van der Waals surface area (Å²) in [6.07, 6.45) is 0.810. The molecule has 0 saturated carbocycles. The Labute approximate surface area is 95.2 Å². The fourth-order valence-electron chi connectivity index (χ4n) is 1.94. The summed E-state index contributed by atoms with van der Waals surface area (Å²) in [5.74, 6) is -0.279. The van der Waals surface area contributed by atoms with Crippen molar-refractivity contribution in [3.05, 3.63) is 0 Å². The first-order valence-corrected chi connectivity index (χ1v) is 5.65. The zero-order valence-corrected chi connectivity index (χ0v) is 10.0.